The minimum atomic E-state index is -4.51. The van der Waals surface area contributed by atoms with E-state index in [4.69, 9.17) is 0 Å². The smallest absolute Gasteiger partial charge is 0.350 e. The van der Waals surface area contributed by atoms with Crippen LogP contribution >= 0.6 is 0 Å². The van der Waals surface area contributed by atoms with Gasteiger partial charge in [-0.25, -0.2) is 0 Å². The molecule has 0 spiro atoms. The zero-order valence-corrected chi connectivity index (χ0v) is 12.5. The van der Waals surface area contributed by atoms with E-state index in [1.54, 1.807) is 0 Å². The zero-order valence-electron chi connectivity index (χ0n) is 12.5. The van der Waals surface area contributed by atoms with Crippen LogP contribution in [0.3, 0.4) is 0 Å². The van der Waals surface area contributed by atoms with Crippen LogP contribution in [0, 0.1) is 0 Å². The largest absolute Gasteiger partial charge is 0.416 e. The molecular formula is C15H18F3N3O2. The Balaban J connectivity index is 1.86. The number of alkyl halides is 3. The van der Waals surface area contributed by atoms with Gasteiger partial charge in [0.1, 0.15) is 0 Å². The molecule has 3 N–H and O–H groups in total. The minimum absolute atomic E-state index is 0.00274. The summed E-state index contributed by atoms with van der Waals surface area (Å²) < 4.78 is 37.8. The molecule has 1 aliphatic rings. The van der Waals surface area contributed by atoms with Crippen LogP contribution in [0.4, 0.5) is 13.2 Å². The highest BCUT2D eigenvalue weighted by molar-refractivity contribution is 5.96. The fraction of sp³-hybridized carbons (Fsp3) is 0.467. The predicted octanol–water partition coefficient (Wildman–Crippen LogP) is 1.30. The van der Waals surface area contributed by atoms with Crippen LogP contribution in [-0.2, 0) is 11.0 Å². The van der Waals surface area contributed by atoms with E-state index in [1.165, 1.54) is 6.07 Å². The molecule has 1 heterocycles. The number of carbonyl (C=O) groups is 2. The van der Waals surface area contributed by atoms with E-state index in [1.807, 2.05) is 6.92 Å². The number of benzene rings is 1. The van der Waals surface area contributed by atoms with Gasteiger partial charge in [-0.3, -0.25) is 9.59 Å². The first-order chi connectivity index (χ1) is 10.8. The third-order valence-corrected chi connectivity index (χ3v) is 3.58. The number of hydrogen-bond acceptors (Lipinski definition) is 3. The molecule has 2 atom stereocenters. The molecule has 2 amide bonds. The van der Waals surface area contributed by atoms with Crippen molar-refractivity contribution < 1.29 is 22.8 Å². The van der Waals surface area contributed by atoms with E-state index >= 15 is 0 Å². The quantitative estimate of drug-likeness (QED) is 0.780. The fourth-order valence-corrected chi connectivity index (χ4v) is 2.42. The molecule has 0 saturated carbocycles. The van der Waals surface area contributed by atoms with Crippen LogP contribution in [-0.4, -0.2) is 37.0 Å². The van der Waals surface area contributed by atoms with Crippen LogP contribution in [0.15, 0.2) is 24.3 Å². The molecule has 0 radical (unpaired) electrons. The Morgan fingerprint density at radius 1 is 1.35 bits per heavy atom. The van der Waals surface area contributed by atoms with Crippen LogP contribution in [0.1, 0.15) is 29.3 Å². The summed E-state index contributed by atoms with van der Waals surface area (Å²) in [5.41, 5.74) is -1.04. The average molecular weight is 329 g/mol. The maximum Gasteiger partial charge on any atom is 0.416 e. The van der Waals surface area contributed by atoms with Crippen LogP contribution in [0.25, 0.3) is 0 Å². The molecule has 126 valence electrons. The van der Waals surface area contributed by atoms with E-state index in [2.05, 4.69) is 16.0 Å². The summed E-state index contributed by atoms with van der Waals surface area (Å²) in [5.74, 6) is -1.09. The first-order valence-electron chi connectivity index (χ1n) is 7.24. The highest BCUT2D eigenvalue weighted by atomic mass is 19.4. The number of nitrogens with one attached hydrogen (secondary N) is 3. The van der Waals surface area contributed by atoms with Crippen molar-refractivity contribution in [3.05, 3.63) is 35.4 Å². The van der Waals surface area contributed by atoms with Gasteiger partial charge in [0, 0.05) is 24.2 Å². The molecule has 8 heteroatoms. The molecule has 1 fully saturated rings. The topological polar surface area (TPSA) is 70.2 Å². The lowest BCUT2D eigenvalue weighted by Crippen LogP contribution is -2.42. The molecular weight excluding hydrogens is 311 g/mol. The summed E-state index contributed by atoms with van der Waals surface area (Å²) in [6.45, 7) is 2.38. The molecule has 2 rings (SSSR count). The maximum absolute atomic E-state index is 12.6. The fourth-order valence-electron chi connectivity index (χ4n) is 2.42. The van der Waals surface area contributed by atoms with Gasteiger partial charge in [-0.05, 0) is 31.5 Å². The first kappa shape index (κ1) is 17.3. The molecule has 23 heavy (non-hydrogen) atoms. The highest BCUT2D eigenvalue weighted by Crippen LogP contribution is 2.29. The van der Waals surface area contributed by atoms with E-state index in [0.717, 1.165) is 24.6 Å². The number of hydrogen-bond donors (Lipinski definition) is 3. The van der Waals surface area contributed by atoms with Crippen molar-refractivity contribution in [3.8, 4) is 0 Å². The Labute approximate surface area is 131 Å². The number of carbonyl (C=O) groups excluding carboxylic acids is 2. The predicted molar refractivity (Wildman–Crippen MR) is 77.8 cm³/mol. The van der Waals surface area contributed by atoms with Gasteiger partial charge in [-0.1, -0.05) is 6.07 Å². The van der Waals surface area contributed by atoms with Crippen molar-refractivity contribution in [3.63, 3.8) is 0 Å². The van der Waals surface area contributed by atoms with Gasteiger partial charge in [0.2, 0.25) is 5.91 Å². The first-order valence-corrected chi connectivity index (χ1v) is 7.24. The molecule has 1 aromatic rings. The number of amides is 2. The van der Waals surface area contributed by atoms with Crippen molar-refractivity contribution in [2.75, 3.05) is 13.1 Å². The van der Waals surface area contributed by atoms with E-state index in [-0.39, 0.29) is 24.1 Å². The summed E-state index contributed by atoms with van der Waals surface area (Å²) in [6, 6.07) is 4.39. The molecule has 0 bridgehead atoms. The normalized spacial score (nSPS) is 21.0. The minimum Gasteiger partial charge on any atom is -0.350 e. The van der Waals surface area contributed by atoms with Crippen LogP contribution in [0.5, 0.6) is 0 Å². The van der Waals surface area contributed by atoms with Crippen LogP contribution in [0.2, 0.25) is 0 Å². The van der Waals surface area contributed by atoms with Crippen molar-refractivity contribution in [2.45, 2.75) is 31.6 Å². The van der Waals surface area contributed by atoms with Gasteiger partial charge in [-0.2, -0.15) is 13.2 Å². The van der Waals surface area contributed by atoms with E-state index < -0.39 is 17.6 Å². The van der Waals surface area contributed by atoms with Gasteiger partial charge < -0.3 is 16.0 Å². The Hall–Kier alpha value is -2.09. The third kappa shape index (κ3) is 4.95. The third-order valence-electron chi connectivity index (χ3n) is 3.58. The van der Waals surface area contributed by atoms with Gasteiger partial charge in [-0.15, -0.1) is 0 Å². The Kier molecular flexibility index (Phi) is 5.25. The zero-order chi connectivity index (χ0) is 17.0. The molecule has 5 nitrogen and oxygen atoms in total. The second-order valence-corrected chi connectivity index (χ2v) is 5.57. The molecule has 2 unspecified atom stereocenters. The number of rotatable bonds is 4. The Morgan fingerprint density at radius 2 is 2.09 bits per heavy atom. The molecule has 0 aromatic heterocycles. The van der Waals surface area contributed by atoms with E-state index in [0.29, 0.717) is 12.6 Å². The second-order valence-electron chi connectivity index (χ2n) is 5.57. The standard InChI is InChI=1S/C15H18F3N3O2/c1-9-5-12(7-19-9)21-13(22)8-20-14(23)10-3-2-4-11(6-10)15(16,17)18/h2-4,6,9,12,19H,5,7-8H2,1H3,(H,20,23)(H,21,22). The second kappa shape index (κ2) is 6.99. The Morgan fingerprint density at radius 3 is 2.70 bits per heavy atom. The van der Waals surface area contributed by atoms with Gasteiger partial charge >= 0.3 is 6.18 Å². The maximum atomic E-state index is 12.6. The summed E-state index contributed by atoms with van der Waals surface area (Å²) in [7, 11) is 0. The van der Waals surface area contributed by atoms with Crippen LogP contribution < -0.4 is 16.0 Å². The number of halogens is 3. The van der Waals surface area contributed by atoms with Gasteiger partial charge in [0.05, 0.1) is 12.1 Å². The summed E-state index contributed by atoms with van der Waals surface area (Å²) in [4.78, 5) is 23.6. The van der Waals surface area contributed by atoms with Gasteiger partial charge in [0.25, 0.3) is 5.91 Å². The molecule has 1 saturated heterocycles. The monoisotopic (exact) mass is 329 g/mol. The van der Waals surface area contributed by atoms with Crippen molar-refractivity contribution in [1.82, 2.24) is 16.0 Å². The Bertz CT molecular complexity index is 590. The SMILES string of the molecule is CC1CC(NC(=O)CNC(=O)c2cccc(C(F)(F)F)c2)CN1. The summed E-state index contributed by atoms with van der Waals surface area (Å²) >= 11 is 0. The summed E-state index contributed by atoms with van der Waals surface area (Å²) in [6.07, 6.45) is -3.72. The van der Waals surface area contributed by atoms with Crippen molar-refractivity contribution >= 4 is 11.8 Å². The highest BCUT2D eigenvalue weighted by Gasteiger charge is 2.31. The lowest BCUT2D eigenvalue weighted by molar-refractivity contribution is -0.137. The average Bonchev–Trinajstić information content (AvgIpc) is 2.89. The summed E-state index contributed by atoms with van der Waals surface area (Å²) in [5, 5.41) is 8.26. The van der Waals surface area contributed by atoms with Gasteiger partial charge in [0.15, 0.2) is 0 Å². The van der Waals surface area contributed by atoms with Crippen molar-refractivity contribution in [2.24, 2.45) is 0 Å². The molecule has 1 aromatic carbocycles. The van der Waals surface area contributed by atoms with Crippen molar-refractivity contribution in [1.29, 1.82) is 0 Å². The lowest BCUT2D eigenvalue weighted by atomic mass is 10.1. The van der Waals surface area contributed by atoms with E-state index in [9.17, 15) is 22.8 Å². The molecule has 1 aliphatic heterocycles. The lowest BCUT2D eigenvalue weighted by Gasteiger charge is -2.12. The molecule has 0 aliphatic carbocycles.